The van der Waals surface area contributed by atoms with E-state index in [1.54, 1.807) is 0 Å². The van der Waals surface area contributed by atoms with Crippen molar-refractivity contribution in [1.82, 2.24) is 4.98 Å². The van der Waals surface area contributed by atoms with Crippen molar-refractivity contribution in [3.8, 4) is 0 Å². The lowest BCUT2D eigenvalue weighted by molar-refractivity contribution is -0.137. The van der Waals surface area contributed by atoms with Crippen LogP contribution in [0.5, 0.6) is 0 Å². The number of anilines is 1. The van der Waals surface area contributed by atoms with Crippen LogP contribution in [-0.2, 0) is 6.18 Å². The number of hydrogen-bond donors (Lipinski definition) is 1. The number of carbonyl (C=O) groups is 1. The van der Waals surface area contributed by atoms with Gasteiger partial charge in [0.05, 0.1) is 28.0 Å². The highest BCUT2D eigenvalue weighted by atomic mass is 79.9. The van der Waals surface area contributed by atoms with Crippen LogP contribution in [0.15, 0.2) is 35.1 Å². The van der Waals surface area contributed by atoms with Crippen molar-refractivity contribution in [2.75, 3.05) is 5.32 Å². The van der Waals surface area contributed by atoms with E-state index >= 15 is 0 Å². The van der Waals surface area contributed by atoms with Gasteiger partial charge in [-0.1, -0.05) is 11.6 Å². The number of nitrogens with one attached hydrogen (secondary N) is 1. The average Bonchev–Trinajstić information content (AvgIpc) is 2.43. The summed E-state index contributed by atoms with van der Waals surface area (Å²) in [5, 5.41) is 1.15. The highest BCUT2D eigenvalue weighted by Crippen LogP contribution is 2.39. The van der Waals surface area contributed by atoms with Crippen molar-refractivity contribution in [3.05, 3.63) is 57.0 Å². The van der Waals surface area contributed by atoms with E-state index in [1.807, 2.05) is 0 Å². The van der Waals surface area contributed by atoms with Gasteiger partial charge in [-0.3, -0.25) is 9.78 Å². The van der Waals surface area contributed by atoms with Crippen LogP contribution >= 0.6 is 27.5 Å². The number of carbonyl (C=O) groups excluding carboxylic acids is 1. The third-order valence-electron chi connectivity index (χ3n) is 2.61. The maximum Gasteiger partial charge on any atom is 0.417 e. The summed E-state index contributed by atoms with van der Waals surface area (Å²) in [6.07, 6.45) is -2.07. The van der Waals surface area contributed by atoms with E-state index in [-0.39, 0.29) is 10.2 Å². The molecule has 0 bridgehead atoms. The first-order chi connectivity index (χ1) is 10.2. The molecule has 0 saturated heterocycles. The number of hydrogen-bond acceptors (Lipinski definition) is 2. The van der Waals surface area contributed by atoms with E-state index in [9.17, 15) is 22.4 Å². The monoisotopic (exact) mass is 396 g/mol. The van der Waals surface area contributed by atoms with Crippen molar-refractivity contribution in [2.45, 2.75) is 6.18 Å². The molecule has 2 aromatic rings. The van der Waals surface area contributed by atoms with Crippen LogP contribution in [0.4, 0.5) is 23.2 Å². The van der Waals surface area contributed by atoms with Gasteiger partial charge in [-0.2, -0.15) is 13.2 Å². The second-order valence-corrected chi connectivity index (χ2v) is 5.33. The van der Waals surface area contributed by atoms with Gasteiger partial charge in [-0.15, -0.1) is 0 Å². The number of benzene rings is 1. The van der Waals surface area contributed by atoms with Gasteiger partial charge in [0.15, 0.2) is 5.82 Å². The van der Waals surface area contributed by atoms with Gasteiger partial charge in [-0.05, 0) is 34.1 Å². The summed E-state index contributed by atoms with van der Waals surface area (Å²) in [5.41, 5.74) is -1.73. The number of halogens is 6. The van der Waals surface area contributed by atoms with Gasteiger partial charge >= 0.3 is 6.18 Å². The van der Waals surface area contributed by atoms with Gasteiger partial charge in [0.2, 0.25) is 0 Å². The second kappa shape index (κ2) is 6.21. The topological polar surface area (TPSA) is 42.0 Å². The molecule has 1 amide bonds. The molecule has 1 N–H and O–H groups in total. The Hall–Kier alpha value is -1.67. The molecule has 116 valence electrons. The molecule has 0 aliphatic rings. The fourth-order valence-corrected chi connectivity index (χ4v) is 2.48. The molecule has 0 radical (unpaired) electrons. The molecule has 0 spiro atoms. The fourth-order valence-electron chi connectivity index (χ4n) is 1.64. The minimum atomic E-state index is -4.83. The quantitative estimate of drug-likeness (QED) is 0.578. The van der Waals surface area contributed by atoms with Gasteiger partial charge in [0, 0.05) is 10.7 Å². The van der Waals surface area contributed by atoms with Gasteiger partial charge in [0.25, 0.3) is 5.91 Å². The maximum atomic E-state index is 14.1. The first-order valence-electron chi connectivity index (χ1n) is 5.68. The van der Waals surface area contributed by atoms with E-state index in [4.69, 9.17) is 11.6 Å². The zero-order valence-corrected chi connectivity index (χ0v) is 12.9. The molecule has 1 heterocycles. The summed E-state index contributed by atoms with van der Waals surface area (Å²) < 4.78 is 51.8. The van der Waals surface area contributed by atoms with E-state index in [1.165, 1.54) is 24.5 Å². The van der Waals surface area contributed by atoms with E-state index in [0.29, 0.717) is 6.07 Å². The van der Waals surface area contributed by atoms with Crippen LogP contribution in [0, 0.1) is 5.82 Å². The lowest BCUT2D eigenvalue weighted by atomic mass is 10.1. The zero-order chi connectivity index (χ0) is 16.5. The van der Waals surface area contributed by atoms with Crippen LogP contribution in [-0.4, -0.2) is 10.9 Å². The van der Waals surface area contributed by atoms with Crippen molar-refractivity contribution >= 4 is 39.1 Å². The Kier molecular flexibility index (Phi) is 4.72. The minimum Gasteiger partial charge on any atom is -0.320 e. The van der Waals surface area contributed by atoms with Crippen molar-refractivity contribution in [3.63, 3.8) is 0 Å². The maximum absolute atomic E-state index is 14.1. The summed E-state index contributed by atoms with van der Waals surface area (Å²) in [5.74, 6) is -2.40. The lowest BCUT2D eigenvalue weighted by Crippen LogP contribution is -2.17. The number of nitrogens with zero attached hydrogens (tertiary/aromatic N) is 1. The zero-order valence-electron chi connectivity index (χ0n) is 10.5. The molecule has 0 aliphatic heterocycles. The molecule has 1 aromatic heterocycles. The highest BCUT2D eigenvalue weighted by molar-refractivity contribution is 9.10. The Morgan fingerprint density at radius 3 is 2.59 bits per heavy atom. The van der Waals surface area contributed by atoms with Crippen LogP contribution in [0.3, 0.4) is 0 Å². The molecular weight excluding hydrogens is 392 g/mol. The molecule has 0 unspecified atom stereocenters. The number of pyridine rings is 1. The Morgan fingerprint density at radius 1 is 1.36 bits per heavy atom. The Morgan fingerprint density at radius 2 is 2.05 bits per heavy atom. The first kappa shape index (κ1) is 16.7. The molecule has 0 saturated carbocycles. The Balaban J connectivity index is 2.44. The second-order valence-electron chi connectivity index (χ2n) is 4.10. The van der Waals surface area contributed by atoms with E-state index < -0.39 is 34.1 Å². The number of aromatic nitrogens is 1. The third kappa shape index (κ3) is 3.38. The first-order valence-corrected chi connectivity index (χ1v) is 6.85. The molecule has 2 rings (SSSR count). The minimum absolute atomic E-state index is 0.259. The summed E-state index contributed by atoms with van der Waals surface area (Å²) in [6.45, 7) is 0. The molecule has 9 heteroatoms. The van der Waals surface area contributed by atoms with E-state index in [0.717, 1.165) is 0 Å². The van der Waals surface area contributed by atoms with Gasteiger partial charge in [-0.25, -0.2) is 4.39 Å². The average molecular weight is 398 g/mol. The molecular formula is C13H6BrClF4N2O. The predicted molar refractivity (Wildman–Crippen MR) is 76.3 cm³/mol. The van der Waals surface area contributed by atoms with E-state index in [2.05, 4.69) is 26.2 Å². The van der Waals surface area contributed by atoms with Crippen LogP contribution in [0.2, 0.25) is 5.02 Å². The summed E-state index contributed by atoms with van der Waals surface area (Å²) >= 11 is 8.16. The smallest absolute Gasteiger partial charge is 0.320 e. The molecule has 22 heavy (non-hydrogen) atoms. The fraction of sp³-hybridized carbons (Fsp3) is 0.0769. The summed E-state index contributed by atoms with van der Waals surface area (Å²) in [7, 11) is 0. The van der Waals surface area contributed by atoms with Crippen molar-refractivity contribution in [2.24, 2.45) is 0 Å². The number of rotatable bonds is 2. The summed E-state index contributed by atoms with van der Waals surface area (Å²) in [4.78, 5) is 15.8. The highest BCUT2D eigenvalue weighted by Gasteiger charge is 2.37. The lowest BCUT2D eigenvalue weighted by Gasteiger charge is -2.14. The van der Waals surface area contributed by atoms with Crippen LogP contribution in [0.1, 0.15) is 15.9 Å². The normalized spacial score (nSPS) is 11.4. The molecule has 3 nitrogen and oxygen atoms in total. The molecule has 1 aromatic carbocycles. The SMILES string of the molecule is O=C(Nc1cccnc1)c1c(Br)cc(C(F)(F)F)c(Cl)c1F. The molecule has 0 atom stereocenters. The predicted octanol–water partition coefficient (Wildman–Crippen LogP) is 4.91. The Bertz CT molecular complexity index is 722. The van der Waals surface area contributed by atoms with Gasteiger partial charge in [0.1, 0.15) is 0 Å². The van der Waals surface area contributed by atoms with Crippen molar-refractivity contribution in [1.29, 1.82) is 0 Å². The van der Waals surface area contributed by atoms with Crippen LogP contribution < -0.4 is 5.32 Å². The number of alkyl halides is 3. The van der Waals surface area contributed by atoms with Gasteiger partial charge < -0.3 is 5.32 Å². The largest absolute Gasteiger partial charge is 0.417 e. The Labute approximate surface area is 135 Å². The van der Waals surface area contributed by atoms with Crippen LogP contribution in [0.25, 0.3) is 0 Å². The molecule has 0 fully saturated rings. The number of amides is 1. The third-order valence-corrected chi connectivity index (χ3v) is 3.61. The summed E-state index contributed by atoms with van der Waals surface area (Å²) in [6, 6.07) is 3.58. The van der Waals surface area contributed by atoms with Crippen molar-refractivity contribution < 1.29 is 22.4 Å². The standard InChI is InChI=1S/C13H6BrClF4N2O/c14-8-4-7(13(17,18)19)10(15)11(16)9(8)12(22)21-6-2-1-3-20-5-6/h1-5H,(H,21,22). The molecule has 0 aliphatic carbocycles.